The number of nitrogens with one attached hydrogen (secondary N) is 1. The fraction of sp³-hybridized carbons (Fsp3) is 0.267. The molecule has 0 fully saturated rings. The monoisotopic (exact) mass is 333 g/mol. The van der Waals surface area contributed by atoms with E-state index in [4.69, 9.17) is 14.2 Å². The van der Waals surface area contributed by atoms with Crippen LogP contribution in [0.1, 0.15) is 5.56 Å². The minimum absolute atomic E-state index is 0.0895. The Hall–Kier alpha value is -2.66. The lowest BCUT2D eigenvalue weighted by Crippen LogP contribution is -2.15. The molecule has 0 saturated carbocycles. The van der Waals surface area contributed by atoms with Gasteiger partial charge in [0.05, 0.1) is 21.3 Å². The predicted octanol–water partition coefficient (Wildman–Crippen LogP) is 2.06. The van der Waals surface area contributed by atoms with Crippen molar-refractivity contribution in [3.63, 3.8) is 0 Å². The van der Waals surface area contributed by atoms with Crippen molar-refractivity contribution in [1.29, 1.82) is 5.26 Å². The van der Waals surface area contributed by atoms with Crippen molar-refractivity contribution in [3.8, 4) is 34.6 Å². The number of thioether (sulfide) groups is 1. The van der Waals surface area contributed by atoms with E-state index in [1.807, 2.05) is 6.07 Å². The number of nitrogens with zero attached hydrogens (tertiary/aromatic N) is 2. The van der Waals surface area contributed by atoms with E-state index in [2.05, 4.69) is 9.97 Å². The van der Waals surface area contributed by atoms with Crippen LogP contribution in [0.3, 0.4) is 0 Å². The largest absolute Gasteiger partial charge is 0.493 e. The maximum absolute atomic E-state index is 12.1. The van der Waals surface area contributed by atoms with Crippen LogP contribution in [0.4, 0.5) is 0 Å². The van der Waals surface area contributed by atoms with E-state index in [0.29, 0.717) is 28.0 Å². The Kier molecular flexibility index (Phi) is 5.13. The minimum Gasteiger partial charge on any atom is -0.493 e. The van der Waals surface area contributed by atoms with Gasteiger partial charge in [-0.3, -0.25) is 4.79 Å². The summed E-state index contributed by atoms with van der Waals surface area (Å²) in [6.07, 6.45) is 1.78. The number of benzene rings is 1. The van der Waals surface area contributed by atoms with Crippen molar-refractivity contribution in [2.24, 2.45) is 0 Å². The maximum Gasteiger partial charge on any atom is 0.270 e. The van der Waals surface area contributed by atoms with Crippen LogP contribution in [0.5, 0.6) is 17.2 Å². The molecule has 0 amide bonds. The number of nitriles is 1. The minimum atomic E-state index is -0.501. The lowest BCUT2D eigenvalue weighted by Gasteiger charge is -2.16. The van der Waals surface area contributed by atoms with Gasteiger partial charge in [-0.15, -0.1) is 0 Å². The zero-order valence-electron chi connectivity index (χ0n) is 13.1. The third kappa shape index (κ3) is 2.96. The summed E-state index contributed by atoms with van der Waals surface area (Å²) in [5, 5.41) is 9.71. The van der Waals surface area contributed by atoms with Crippen molar-refractivity contribution in [1.82, 2.24) is 9.97 Å². The molecule has 0 atom stereocenters. The molecular weight excluding hydrogens is 318 g/mol. The maximum atomic E-state index is 12.1. The highest BCUT2D eigenvalue weighted by molar-refractivity contribution is 7.98. The van der Waals surface area contributed by atoms with Crippen LogP contribution in [-0.4, -0.2) is 37.6 Å². The highest BCUT2D eigenvalue weighted by Gasteiger charge is 2.22. The van der Waals surface area contributed by atoms with E-state index in [9.17, 15) is 10.1 Å². The second-order valence-electron chi connectivity index (χ2n) is 4.29. The average molecular weight is 333 g/mol. The fourth-order valence-corrected chi connectivity index (χ4v) is 2.51. The number of aromatic nitrogens is 2. The summed E-state index contributed by atoms with van der Waals surface area (Å²) in [6.45, 7) is 0. The van der Waals surface area contributed by atoms with Crippen LogP contribution in [0, 0.1) is 11.3 Å². The molecule has 0 radical (unpaired) electrons. The standard InChI is InChI=1S/C15H15N3O4S/c1-20-10-6-5-8(12(21-2)13(10)22-3)11-9(7-16)14(19)18-15(17-11)23-4/h5-6H,1-4H3,(H,17,18,19). The molecule has 120 valence electrons. The first-order valence-electron chi connectivity index (χ1n) is 6.49. The summed E-state index contributed by atoms with van der Waals surface area (Å²) in [5.74, 6) is 1.18. The van der Waals surface area contributed by atoms with Crippen LogP contribution >= 0.6 is 11.8 Å². The first-order chi connectivity index (χ1) is 11.1. The lowest BCUT2D eigenvalue weighted by molar-refractivity contribution is 0.325. The molecule has 0 aliphatic rings. The van der Waals surface area contributed by atoms with Crippen LogP contribution in [0.2, 0.25) is 0 Å². The molecule has 0 bridgehead atoms. The summed E-state index contributed by atoms with van der Waals surface area (Å²) < 4.78 is 16.0. The summed E-state index contributed by atoms with van der Waals surface area (Å²) in [5.41, 5.74) is 0.119. The molecule has 0 spiro atoms. The van der Waals surface area contributed by atoms with E-state index >= 15 is 0 Å². The van der Waals surface area contributed by atoms with Gasteiger partial charge in [-0.05, 0) is 18.4 Å². The Morgan fingerprint density at radius 1 is 1.17 bits per heavy atom. The van der Waals surface area contributed by atoms with E-state index in [1.165, 1.54) is 33.1 Å². The molecule has 0 aliphatic carbocycles. The second kappa shape index (κ2) is 7.07. The van der Waals surface area contributed by atoms with Crippen molar-refractivity contribution in [2.45, 2.75) is 5.16 Å². The predicted molar refractivity (Wildman–Crippen MR) is 86.4 cm³/mol. The quantitative estimate of drug-likeness (QED) is 0.660. The molecule has 0 aliphatic heterocycles. The Morgan fingerprint density at radius 2 is 1.87 bits per heavy atom. The number of hydrogen-bond donors (Lipinski definition) is 1. The third-order valence-electron chi connectivity index (χ3n) is 3.16. The highest BCUT2D eigenvalue weighted by atomic mass is 32.2. The van der Waals surface area contributed by atoms with Gasteiger partial charge in [-0.25, -0.2) is 4.98 Å². The van der Waals surface area contributed by atoms with Gasteiger partial charge in [-0.2, -0.15) is 5.26 Å². The van der Waals surface area contributed by atoms with E-state index in [-0.39, 0.29) is 11.3 Å². The topological polar surface area (TPSA) is 97.2 Å². The lowest BCUT2D eigenvalue weighted by atomic mass is 10.1. The molecule has 1 aromatic heterocycles. The van der Waals surface area contributed by atoms with Crippen LogP contribution in [-0.2, 0) is 0 Å². The van der Waals surface area contributed by atoms with Gasteiger partial charge in [0.15, 0.2) is 16.7 Å². The Bertz CT molecular complexity index is 827. The van der Waals surface area contributed by atoms with Crippen molar-refractivity contribution >= 4 is 11.8 Å². The summed E-state index contributed by atoms with van der Waals surface area (Å²) in [6, 6.07) is 5.23. The Morgan fingerprint density at radius 3 is 2.39 bits per heavy atom. The molecule has 2 aromatic rings. The van der Waals surface area contributed by atoms with Gasteiger partial charge < -0.3 is 19.2 Å². The van der Waals surface area contributed by atoms with Crippen LogP contribution in [0.25, 0.3) is 11.3 Å². The summed E-state index contributed by atoms with van der Waals surface area (Å²) >= 11 is 1.27. The third-order valence-corrected chi connectivity index (χ3v) is 3.74. The second-order valence-corrected chi connectivity index (χ2v) is 5.09. The number of methoxy groups -OCH3 is 3. The molecule has 2 rings (SSSR count). The van der Waals surface area contributed by atoms with Gasteiger partial charge in [0.2, 0.25) is 5.75 Å². The summed E-state index contributed by atoms with van der Waals surface area (Å²) in [7, 11) is 4.46. The SMILES string of the molecule is COc1ccc(-c2nc(SC)[nH]c(=O)c2C#N)c(OC)c1OC. The smallest absolute Gasteiger partial charge is 0.270 e. The first kappa shape index (κ1) is 16.7. The first-order valence-corrected chi connectivity index (χ1v) is 7.71. The average Bonchev–Trinajstić information content (AvgIpc) is 2.59. The Labute approximate surface area is 137 Å². The van der Waals surface area contributed by atoms with E-state index < -0.39 is 5.56 Å². The highest BCUT2D eigenvalue weighted by Crippen LogP contribution is 2.44. The zero-order valence-corrected chi connectivity index (χ0v) is 13.9. The van der Waals surface area contributed by atoms with Crippen LogP contribution in [0.15, 0.2) is 22.1 Å². The van der Waals surface area contributed by atoms with Gasteiger partial charge in [0.1, 0.15) is 17.3 Å². The van der Waals surface area contributed by atoms with Crippen LogP contribution < -0.4 is 19.8 Å². The van der Waals surface area contributed by atoms with Gasteiger partial charge >= 0.3 is 0 Å². The Balaban J connectivity index is 2.84. The molecule has 1 heterocycles. The van der Waals surface area contributed by atoms with Gasteiger partial charge in [-0.1, -0.05) is 11.8 Å². The van der Waals surface area contributed by atoms with Crippen molar-refractivity contribution in [2.75, 3.05) is 27.6 Å². The van der Waals surface area contributed by atoms with E-state index in [1.54, 1.807) is 18.4 Å². The van der Waals surface area contributed by atoms with Crippen molar-refractivity contribution < 1.29 is 14.2 Å². The number of rotatable bonds is 5. The van der Waals surface area contributed by atoms with Crippen molar-refractivity contribution in [3.05, 3.63) is 28.0 Å². The van der Waals surface area contributed by atoms with E-state index in [0.717, 1.165) is 0 Å². The molecule has 8 heteroatoms. The molecule has 23 heavy (non-hydrogen) atoms. The van der Waals surface area contributed by atoms with Gasteiger partial charge in [0.25, 0.3) is 5.56 Å². The van der Waals surface area contributed by atoms with Gasteiger partial charge in [0, 0.05) is 5.56 Å². The number of aromatic amines is 1. The zero-order chi connectivity index (χ0) is 17.0. The number of ether oxygens (including phenoxy) is 3. The summed E-state index contributed by atoms with van der Waals surface area (Å²) in [4.78, 5) is 19.0. The molecule has 1 N–H and O–H groups in total. The molecule has 7 nitrogen and oxygen atoms in total. The molecule has 0 unspecified atom stereocenters. The normalized spacial score (nSPS) is 10.0. The number of hydrogen-bond acceptors (Lipinski definition) is 7. The molecular formula is C15H15N3O4S. The molecule has 0 saturated heterocycles. The fourth-order valence-electron chi connectivity index (χ4n) is 2.14. The number of H-pyrrole nitrogens is 1. The molecule has 1 aromatic carbocycles.